The van der Waals surface area contributed by atoms with Gasteiger partial charge >= 0.3 is 5.97 Å². The number of ether oxygens (including phenoxy) is 2. The third-order valence-electron chi connectivity index (χ3n) is 3.78. The van der Waals surface area contributed by atoms with E-state index >= 15 is 0 Å². The third-order valence-corrected chi connectivity index (χ3v) is 3.78. The lowest BCUT2D eigenvalue weighted by molar-refractivity contribution is -0.385. The van der Waals surface area contributed by atoms with Crippen LogP contribution < -0.4 is 4.74 Å². The lowest BCUT2D eigenvalue weighted by Crippen LogP contribution is -2.08. The van der Waals surface area contributed by atoms with Crippen LogP contribution in [0.15, 0.2) is 53.2 Å². The number of methoxy groups -OCH3 is 1. The molecule has 126 valence electrons. The van der Waals surface area contributed by atoms with Gasteiger partial charge in [0.15, 0.2) is 5.70 Å². The van der Waals surface area contributed by atoms with E-state index in [-0.39, 0.29) is 17.3 Å². The van der Waals surface area contributed by atoms with Crippen molar-refractivity contribution in [3.63, 3.8) is 0 Å². The maximum atomic E-state index is 12.1. The van der Waals surface area contributed by atoms with E-state index in [9.17, 15) is 14.9 Å². The quantitative estimate of drug-likeness (QED) is 0.369. The van der Waals surface area contributed by atoms with Gasteiger partial charge < -0.3 is 9.47 Å². The van der Waals surface area contributed by atoms with E-state index in [4.69, 9.17) is 9.47 Å². The second-order valence-corrected chi connectivity index (χ2v) is 5.28. The predicted octanol–water partition coefficient (Wildman–Crippen LogP) is 3.26. The number of hydrogen-bond donors (Lipinski definition) is 0. The van der Waals surface area contributed by atoms with Gasteiger partial charge in [-0.15, -0.1) is 0 Å². The lowest BCUT2D eigenvalue weighted by atomic mass is 10.1. The summed E-state index contributed by atoms with van der Waals surface area (Å²) in [4.78, 5) is 26.9. The molecule has 0 atom stereocenters. The largest absolute Gasteiger partial charge is 0.496 e. The fraction of sp³-hybridized carbons (Fsp3) is 0.111. The first-order valence-corrected chi connectivity index (χ1v) is 7.41. The highest BCUT2D eigenvalue weighted by molar-refractivity contribution is 6.13. The number of hydrogen-bond acceptors (Lipinski definition) is 6. The molecule has 0 saturated heterocycles. The standard InChI is InChI=1S/C18H14N2O5/c1-11-13(7-5-8-15(11)20(22)23)17-19-14(18(21)25-17)10-12-6-3-4-9-16(12)24-2/h3-10H,1-2H3/b14-10-. The third kappa shape index (κ3) is 3.12. The smallest absolute Gasteiger partial charge is 0.363 e. The molecule has 0 amide bonds. The number of carbonyl (C=O) groups excluding carboxylic acids is 1. The molecule has 2 aromatic rings. The van der Waals surface area contributed by atoms with Crippen molar-refractivity contribution < 1.29 is 19.2 Å². The van der Waals surface area contributed by atoms with Crippen molar-refractivity contribution in [2.24, 2.45) is 4.99 Å². The highest BCUT2D eigenvalue weighted by atomic mass is 16.6. The van der Waals surface area contributed by atoms with Gasteiger partial charge in [-0.2, -0.15) is 0 Å². The van der Waals surface area contributed by atoms with Gasteiger partial charge in [-0.3, -0.25) is 10.1 Å². The average Bonchev–Trinajstić information content (AvgIpc) is 2.95. The van der Waals surface area contributed by atoms with E-state index in [2.05, 4.69) is 4.99 Å². The molecule has 1 heterocycles. The Bertz CT molecular complexity index is 931. The number of rotatable bonds is 4. The van der Waals surface area contributed by atoms with Crippen LogP contribution in [0.2, 0.25) is 0 Å². The summed E-state index contributed by atoms with van der Waals surface area (Å²) in [6, 6.07) is 11.7. The molecule has 0 fully saturated rings. The van der Waals surface area contributed by atoms with Crippen LogP contribution in [0.25, 0.3) is 6.08 Å². The topological polar surface area (TPSA) is 91.0 Å². The number of aliphatic imine (C=N–C) groups is 1. The zero-order chi connectivity index (χ0) is 18.0. The van der Waals surface area contributed by atoms with E-state index in [1.165, 1.54) is 19.2 Å². The maximum absolute atomic E-state index is 12.1. The predicted molar refractivity (Wildman–Crippen MR) is 91.4 cm³/mol. The summed E-state index contributed by atoms with van der Waals surface area (Å²) in [5, 5.41) is 11.1. The van der Waals surface area contributed by atoms with E-state index in [1.54, 1.807) is 31.2 Å². The summed E-state index contributed by atoms with van der Waals surface area (Å²) in [7, 11) is 1.53. The maximum Gasteiger partial charge on any atom is 0.363 e. The van der Waals surface area contributed by atoms with Crippen molar-refractivity contribution in [1.82, 2.24) is 0 Å². The van der Waals surface area contributed by atoms with E-state index in [0.29, 0.717) is 22.4 Å². The fourth-order valence-electron chi connectivity index (χ4n) is 2.51. The Morgan fingerprint density at radius 3 is 2.68 bits per heavy atom. The second-order valence-electron chi connectivity index (χ2n) is 5.28. The van der Waals surface area contributed by atoms with Crippen molar-refractivity contribution in [2.45, 2.75) is 6.92 Å². The number of carbonyl (C=O) groups is 1. The normalized spacial score (nSPS) is 15.0. The van der Waals surface area contributed by atoms with Gasteiger partial charge in [0.2, 0.25) is 5.90 Å². The SMILES string of the molecule is COc1ccccc1/C=C1\N=C(c2cccc([N+](=O)[O-])c2C)OC1=O. The molecule has 1 aliphatic rings. The Morgan fingerprint density at radius 1 is 1.20 bits per heavy atom. The van der Waals surface area contributed by atoms with Crippen LogP contribution in [-0.2, 0) is 9.53 Å². The molecular weight excluding hydrogens is 324 g/mol. The lowest BCUT2D eigenvalue weighted by Gasteiger charge is -2.04. The Hall–Kier alpha value is -3.48. The summed E-state index contributed by atoms with van der Waals surface area (Å²) in [5.41, 5.74) is 1.52. The van der Waals surface area contributed by atoms with Crippen LogP contribution in [0.1, 0.15) is 16.7 Å². The first-order chi connectivity index (χ1) is 12.0. The van der Waals surface area contributed by atoms with Crippen molar-refractivity contribution >= 4 is 23.6 Å². The van der Waals surface area contributed by atoms with E-state index < -0.39 is 10.9 Å². The van der Waals surface area contributed by atoms with Gasteiger partial charge in [0.05, 0.1) is 12.0 Å². The minimum atomic E-state index is -0.619. The summed E-state index contributed by atoms with van der Waals surface area (Å²) in [5.74, 6) is 0.0251. The Kier molecular flexibility index (Phi) is 4.30. The summed E-state index contributed by atoms with van der Waals surface area (Å²) in [6.45, 7) is 1.59. The van der Waals surface area contributed by atoms with E-state index in [1.807, 2.05) is 12.1 Å². The highest BCUT2D eigenvalue weighted by Crippen LogP contribution is 2.27. The molecule has 7 heteroatoms. The number of para-hydroxylation sites is 1. The molecule has 0 N–H and O–H groups in total. The van der Waals surface area contributed by atoms with Crippen molar-refractivity contribution in [1.29, 1.82) is 0 Å². The van der Waals surface area contributed by atoms with Gasteiger partial charge in [0.1, 0.15) is 5.75 Å². The number of benzene rings is 2. The van der Waals surface area contributed by atoms with Crippen LogP contribution in [0.3, 0.4) is 0 Å². The zero-order valence-electron chi connectivity index (χ0n) is 13.6. The van der Waals surface area contributed by atoms with Crippen LogP contribution in [0.5, 0.6) is 5.75 Å². The minimum absolute atomic E-state index is 0.0485. The number of nitrogens with zero attached hydrogens (tertiary/aromatic N) is 2. The molecule has 2 aromatic carbocycles. The molecule has 0 aromatic heterocycles. The fourth-order valence-corrected chi connectivity index (χ4v) is 2.51. The molecule has 1 aliphatic heterocycles. The Balaban J connectivity index is 2.03. The number of esters is 1. The van der Waals surface area contributed by atoms with Crippen molar-refractivity contribution in [2.75, 3.05) is 7.11 Å². The van der Waals surface area contributed by atoms with Gasteiger partial charge in [0, 0.05) is 22.8 Å². The van der Waals surface area contributed by atoms with Gasteiger partial charge in [-0.05, 0) is 25.1 Å². The summed E-state index contributed by atoms with van der Waals surface area (Å²) < 4.78 is 10.4. The van der Waals surface area contributed by atoms with Crippen LogP contribution in [0.4, 0.5) is 5.69 Å². The Morgan fingerprint density at radius 2 is 1.96 bits per heavy atom. The van der Waals surface area contributed by atoms with Crippen molar-refractivity contribution in [3.8, 4) is 5.75 Å². The molecule has 0 unspecified atom stereocenters. The van der Waals surface area contributed by atoms with Gasteiger partial charge in [0.25, 0.3) is 5.69 Å². The minimum Gasteiger partial charge on any atom is -0.496 e. The van der Waals surface area contributed by atoms with Crippen LogP contribution >= 0.6 is 0 Å². The molecule has 3 rings (SSSR count). The molecule has 0 bridgehead atoms. The number of nitro benzene ring substituents is 1. The molecule has 0 aliphatic carbocycles. The van der Waals surface area contributed by atoms with Gasteiger partial charge in [-0.25, -0.2) is 9.79 Å². The average molecular weight is 338 g/mol. The monoisotopic (exact) mass is 338 g/mol. The first kappa shape index (κ1) is 16.4. The zero-order valence-corrected chi connectivity index (χ0v) is 13.6. The molecule has 0 radical (unpaired) electrons. The highest BCUT2D eigenvalue weighted by Gasteiger charge is 2.27. The second kappa shape index (κ2) is 6.56. The first-order valence-electron chi connectivity index (χ1n) is 7.41. The van der Waals surface area contributed by atoms with Crippen LogP contribution in [-0.4, -0.2) is 23.9 Å². The van der Waals surface area contributed by atoms with Crippen LogP contribution in [0, 0.1) is 17.0 Å². The number of cyclic esters (lactones) is 1. The van der Waals surface area contributed by atoms with Crippen molar-refractivity contribution in [3.05, 3.63) is 75.0 Å². The summed E-state index contributed by atoms with van der Waals surface area (Å²) in [6.07, 6.45) is 1.56. The number of nitro groups is 1. The Labute approximate surface area is 143 Å². The van der Waals surface area contributed by atoms with Gasteiger partial charge in [-0.1, -0.05) is 24.3 Å². The summed E-state index contributed by atoms with van der Waals surface area (Å²) >= 11 is 0. The molecule has 25 heavy (non-hydrogen) atoms. The van der Waals surface area contributed by atoms with E-state index in [0.717, 1.165) is 0 Å². The molecule has 0 saturated carbocycles. The molecular formula is C18H14N2O5. The molecule has 7 nitrogen and oxygen atoms in total. The molecule has 0 spiro atoms.